The average molecular weight is 515 g/mol. The first-order valence-corrected chi connectivity index (χ1v) is 12.3. The number of ether oxygens (including phenoxy) is 1. The lowest BCUT2D eigenvalue weighted by molar-refractivity contribution is -0.0557. The van der Waals surface area contributed by atoms with Crippen molar-refractivity contribution in [2.24, 2.45) is 0 Å². The van der Waals surface area contributed by atoms with Crippen molar-refractivity contribution in [3.8, 4) is 0 Å². The van der Waals surface area contributed by atoms with Gasteiger partial charge in [0.05, 0.1) is 11.1 Å². The van der Waals surface area contributed by atoms with Crippen molar-refractivity contribution >= 4 is 23.5 Å². The Bertz CT molecular complexity index is 868. The molecule has 1 aromatic rings. The summed E-state index contributed by atoms with van der Waals surface area (Å²) in [5, 5.41) is 29.3. The molecule has 0 saturated carbocycles. The molecule has 0 spiro atoms. The molecule has 0 aromatic carbocycles. The highest BCUT2D eigenvalue weighted by Gasteiger charge is 2.44. The van der Waals surface area contributed by atoms with Gasteiger partial charge in [0.15, 0.2) is 6.23 Å². The minimum atomic E-state index is -3.95. The van der Waals surface area contributed by atoms with Crippen LogP contribution in [0.1, 0.15) is 44.8 Å². The van der Waals surface area contributed by atoms with Gasteiger partial charge >= 0.3 is 13.3 Å². The van der Waals surface area contributed by atoms with E-state index in [9.17, 15) is 29.5 Å². The fraction of sp³-hybridized carbons (Fsp3) is 0.765. The normalized spacial score (nSPS) is 24.5. The molecule has 1 aromatic heterocycles. The number of aromatic nitrogens is 2. The van der Waals surface area contributed by atoms with E-state index in [1.54, 1.807) is 0 Å². The molecule has 0 aliphatic carbocycles. The Morgan fingerprint density at radius 3 is 2.20 bits per heavy atom. The number of aliphatic hydroxyl groups excluding tert-OH is 3. The van der Waals surface area contributed by atoms with Crippen LogP contribution in [-0.4, -0.2) is 65.3 Å². The molecule has 5 N–H and O–H groups in total. The van der Waals surface area contributed by atoms with Gasteiger partial charge in [0.25, 0.3) is 5.56 Å². The number of halogens is 1. The summed E-state index contributed by atoms with van der Waals surface area (Å²) in [6, 6.07) is 0. The first-order valence-electron chi connectivity index (χ1n) is 9.75. The summed E-state index contributed by atoms with van der Waals surface area (Å²) < 4.78 is 18.3. The first kappa shape index (κ1) is 25.4. The number of unbranched alkanes of at least 4 members (excludes halogenated alkanes) is 5. The highest BCUT2D eigenvalue weighted by atomic mass is 79.9. The Hall–Kier alpha value is -0.850. The van der Waals surface area contributed by atoms with Gasteiger partial charge < -0.3 is 29.8 Å². The summed E-state index contributed by atoms with van der Waals surface area (Å²) in [4.78, 5) is 42.8. The standard InChI is InChI=1S/C17H28BrN2O9P/c18-11-9-20(16-14(23)13(22)12(10-21)29-16)17(25)19(15(11)24)7-5-3-1-2-4-6-8-30(26,27)28/h9,12-14,16,21-23H,1-8,10H2,(H2,26,27,28)/t12-,13-,14-,16-/m1/s1. The molecule has 1 saturated heterocycles. The van der Waals surface area contributed by atoms with Crippen molar-refractivity contribution in [2.45, 2.75) is 69.6 Å². The van der Waals surface area contributed by atoms with Crippen LogP contribution in [0.25, 0.3) is 0 Å². The van der Waals surface area contributed by atoms with Gasteiger partial charge in [-0.3, -0.25) is 18.5 Å². The summed E-state index contributed by atoms with van der Waals surface area (Å²) in [6.07, 6.45) is -0.00520. The molecule has 2 heterocycles. The highest BCUT2D eigenvalue weighted by molar-refractivity contribution is 9.10. The fourth-order valence-electron chi connectivity index (χ4n) is 3.37. The van der Waals surface area contributed by atoms with E-state index in [4.69, 9.17) is 14.5 Å². The predicted molar refractivity (Wildman–Crippen MR) is 110 cm³/mol. The Balaban J connectivity index is 1.97. The smallest absolute Gasteiger partial charge is 0.333 e. The second-order valence-electron chi connectivity index (χ2n) is 7.36. The van der Waals surface area contributed by atoms with E-state index >= 15 is 0 Å². The zero-order valence-corrected chi connectivity index (χ0v) is 18.8. The third-order valence-corrected chi connectivity index (χ3v) is 6.47. The Kier molecular flexibility index (Phi) is 9.44. The zero-order valence-electron chi connectivity index (χ0n) is 16.3. The molecular formula is C17H28BrN2O9P. The van der Waals surface area contributed by atoms with Gasteiger partial charge in [-0.05, 0) is 28.8 Å². The molecule has 0 unspecified atom stereocenters. The van der Waals surface area contributed by atoms with E-state index in [2.05, 4.69) is 15.9 Å². The minimum Gasteiger partial charge on any atom is -0.394 e. The van der Waals surface area contributed by atoms with E-state index in [-0.39, 0.29) is 17.2 Å². The second-order valence-corrected chi connectivity index (χ2v) is 9.99. The Morgan fingerprint density at radius 2 is 1.63 bits per heavy atom. The van der Waals surface area contributed by atoms with Gasteiger partial charge in [-0.25, -0.2) is 4.79 Å². The van der Waals surface area contributed by atoms with Gasteiger partial charge in [0, 0.05) is 18.9 Å². The zero-order chi connectivity index (χ0) is 22.5. The Morgan fingerprint density at radius 1 is 1.03 bits per heavy atom. The Labute approximate surface area is 181 Å². The largest absolute Gasteiger partial charge is 0.394 e. The van der Waals surface area contributed by atoms with E-state index in [1.807, 2.05) is 0 Å². The van der Waals surface area contributed by atoms with Crippen LogP contribution in [0.3, 0.4) is 0 Å². The molecule has 30 heavy (non-hydrogen) atoms. The number of hydrogen-bond donors (Lipinski definition) is 5. The molecule has 4 atom stereocenters. The molecule has 1 fully saturated rings. The van der Waals surface area contributed by atoms with Crippen molar-refractivity contribution in [3.63, 3.8) is 0 Å². The lowest BCUT2D eigenvalue weighted by Gasteiger charge is -2.19. The third-order valence-electron chi connectivity index (χ3n) is 5.03. The van der Waals surface area contributed by atoms with Crippen molar-refractivity contribution in [2.75, 3.05) is 12.8 Å². The van der Waals surface area contributed by atoms with E-state index < -0.39 is 50.0 Å². The quantitative estimate of drug-likeness (QED) is 0.199. The molecule has 0 radical (unpaired) electrons. The molecule has 2 rings (SSSR count). The van der Waals surface area contributed by atoms with Crippen LogP contribution in [-0.2, 0) is 15.8 Å². The van der Waals surface area contributed by atoms with Gasteiger partial charge in [-0.2, -0.15) is 0 Å². The number of aliphatic hydroxyl groups is 3. The van der Waals surface area contributed by atoms with Crippen molar-refractivity contribution in [1.82, 2.24) is 9.13 Å². The van der Waals surface area contributed by atoms with Gasteiger partial charge in [-0.1, -0.05) is 25.7 Å². The van der Waals surface area contributed by atoms with Crippen LogP contribution in [0.5, 0.6) is 0 Å². The SMILES string of the molecule is O=c1c(Br)cn([C@@H]2O[C@H](CO)[C@@H](O)[C@H]2O)c(=O)n1CCCCCCCCP(=O)(O)O. The summed E-state index contributed by atoms with van der Waals surface area (Å²) in [7, 11) is -3.95. The van der Waals surface area contributed by atoms with Gasteiger partial charge in [0.1, 0.15) is 18.3 Å². The summed E-state index contributed by atoms with van der Waals surface area (Å²) in [5.74, 6) is 0. The van der Waals surface area contributed by atoms with Gasteiger partial charge in [-0.15, -0.1) is 0 Å². The molecular weight excluding hydrogens is 487 g/mol. The minimum absolute atomic E-state index is 0.0947. The molecule has 0 amide bonds. The maximum Gasteiger partial charge on any atom is 0.333 e. The lowest BCUT2D eigenvalue weighted by atomic mass is 10.1. The van der Waals surface area contributed by atoms with Crippen molar-refractivity contribution < 1.29 is 34.4 Å². The number of rotatable bonds is 11. The second kappa shape index (κ2) is 11.1. The van der Waals surface area contributed by atoms with E-state index in [1.165, 1.54) is 6.20 Å². The molecule has 172 valence electrons. The lowest BCUT2D eigenvalue weighted by Crippen LogP contribution is -2.43. The van der Waals surface area contributed by atoms with Crippen molar-refractivity contribution in [3.05, 3.63) is 31.5 Å². The molecule has 1 aliphatic heterocycles. The monoisotopic (exact) mass is 514 g/mol. The summed E-state index contributed by atoms with van der Waals surface area (Å²) in [6.45, 7) is -0.382. The average Bonchev–Trinajstić information content (AvgIpc) is 2.96. The maximum atomic E-state index is 12.8. The van der Waals surface area contributed by atoms with Crippen LogP contribution in [0.4, 0.5) is 0 Å². The number of hydrogen-bond acceptors (Lipinski definition) is 7. The molecule has 1 aliphatic rings. The van der Waals surface area contributed by atoms with Gasteiger partial charge in [0.2, 0.25) is 0 Å². The highest BCUT2D eigenvalue weighted by Crippen LogP contribution is 2.35. The van der Waals surface area contributed by atoms with Crippen LogP contribution in [0.15, 0.2) is 20.3 Å². The van der Waals surface area contributed by atoms with E-state index in [0.717, 1.165) is 28.4 Å². The summed E-state index contributed by atoms with van der Waals surface area (Å²) in [5.41, 5.74) is -1.22. The van der Waals surface area contributed by atoms with Crippen LogP contribution >= 0.6 is 23.5 Å². The molecule has 13 heteroatoms. The first-order chi connectivity index (χ1) is 14.1. The molecule has 11 nitrogen and oxygen atoms in total. The number of nitrogens with zero attached hydrogens (tertiary/aromatic N) is 2. The van der Waals surface area contributed by atoms with Crippen molar-refractivity contribution in [1.29, 1.82) is 0 Å². The van der Waals surface area contributed by atoms with Crippen LogP contribution in [0.2, 0.25) is 0 Å². The summed E-state index contributed by atoms with van der Waals surface area (Å²) >= 11 is 3.11. The maximum absolute atomic E-state index is 12.8. The van der Waals surface area contributed by atoms with Crippen LogP contribution < -0.4 is 11.2 Å². The third kappa shape index (κ3) is 6.57. The van der Waals surface area contributed by atoms with Crippen LogP contribution in [0, 0.1) is 0 Å². The fourth-order valence-corrected chi connectivity index (χ4v) is 4.44. The topological polar surface area (TPSA) is 171 Å². The van der Waals surface area contributed by atoms with E-state index in [0.29, 0.717) is 19.3 Å². The predicted octanol–water partition coefficient (Wildman–Crippen LogP) is -0.0977. The molecule has 0 bridgehead atoms.